The van der Waals surface area contributed by atoms with Crippen molar-refractivity contribution in [2.24, 2.45) is 0 Å². The van der Waals surface area contributed by atoms with Crippen LogP contribution >= 0.6 is 14.3 Å². The van der Waals surface area contributed by atoms with Crippen molar-refractivity contribution in [2.45, 2.75) is 26.2 Å². The van der Waals surface area contributed by atoms with Crippen molar-refractivity contribution in [1.29, 1.82) is 0 Å². The highest BCUT2D eigenvalue weighted by molar-refractivity contribution is 7.90. The summed E-state index contributed by atoms with van der Waals surface area (Å²) in [6, 6.07) is 70.5. The van der Waals surface area contributed by atoms with Gasteiger partial charge in [-0.25, -0.2) is 0 Å². The Morgan fingerprint density at radius 1 is 0.310 bits per heavy atom. The maximum Gasteiger partial charge on any atom is 0.172 e. The van der Waals surface area contributed by atoms with E-state index in [2.05, 4.69) is 131 Å². The molecule has 0 radical (unpaired) electrons. The first kappa shape index (κ1) is 36.2. The van der Waals surface area contributed by atoms with E-state index in [0.717, 1.165) is 54.3 Å². The smallest absolute Gasteiger partial charge is 0.172 e. The fourth-order valence-electron chi connectivity index (χ4n) is 8.85. The van der Waals surface area contributed by atoms with Crippen molar-refractivity contribution in [3.8, 4) is 11.1 Å². The van der Waals surface area contributed by atoms with Gasteiger partial charge in [-0.05, 0) is 46.5 Å². The Hall–Kier alpha value is -6.18. The summed E-state index contributed by atoms with van der Waals surface area (Å²) in [5, 5.41) is 4.67. The minimum Gasteiger partial charge on any atom is -0.363 e. The molecule has 58 heavy (non-hydrogen) atoms. The second-order valence-corrected chi connectivity index (χ2v) is 20.7. The number of nitrogens with zero attached hydrogens (tertiary/aromatic N) is 2. The standard InChI is InChI=1S/C52H42N2O2P2/c55-57(45-27-15-5-16-28-45)47-31-43(53(35-39-19-7-1-8-20-39)36-40-21-9-2-10-22-40)32-48-51(47)52-49(57)33-44(34-50(52)58(48,56)46-29-17-6-18-30-46)54(37-41-23-11-3-12-24-41)38-42-25-13-4-14-26-42/h1-34H,35-38H2. The van der Waals surface area contributed by atoms with E-state index in [4.69, 9.17) is 0 Å². The van der Waals surface area contributed by atoms with Crippen LogP contribution in [0.4, 0.5) is 11.4 Å². The molecule has 0 amide bonds. The molecule has 4 nitrogen and oxygen atoms in total. The summed E-state index contributed by atoms with van der Waals surface area (Å²) in [6.07, 6.45) is 0. The fourth-order valence-corrected chi connectivity index (χ4v) is 15.3. The van der Waals surface area contributed by atoms with Crippen LogP contribution in [0.15, 0.2) is 206 Å². The van der Waals surface area contributed by atoms with Crippen LogP contribution in [0.5, 0.6) is 0 Å². The lowest BCUT2D eigenvalue weighted by Crippen LogP contribution is -2.32. The molecule has 0 saturated heterocycles. The molecule has 0 spiro atoms. The topological polar surface area (TPSA) is 40.6 Å². The lowest BCUT2D eigenvalue weighted by molar-refractivity contribution is 0.592. The molecule has 8 aromatic carbocycles. The quantitative estimate of drug-likeness (QED) is 0.116. The lowest BCUT2D eigenvalue weighted by atomic mass is 10.0. The molecule has 0 bridgehead atoms. The molecule has 2 heterocycles. The average molecular weight is 789 g/mol. The Morgan fingerprint density at radius 2 is 0.534 bits per heavy atom. The molecule has 0 fully saturated rings. The van der Waals surface area contributed by atoms with Crippen LogP contribution in [0.3, 0.4) is 0 Å². The summed E-state index contributed by atoms with van der Waals surface area (Å²) in [4.78, 5) is 4.69. The number of benzene rings is 8. The van der Waals surface area contributed by atoms with Gasteiger partial charge in [-0.15, -0.1) is 0 Å². The largest absolute Gasteiger partial charge is 0.363 e. The maximum atomic E-state index is 16.6. The van der Waals surface area contributed by atoms with Gasteiger partial charge in [-0.3, -0.25) is 0 Å². The van der Waals surface area contributed by atoms with Crippen molar-refractivity contribution < 1.29 is 9.13 Å². The van der Waals surface area contributed by atoms with E-state index >= 15 is 9.13 Å². The third kappa shape index (κ3) is 6.25. The summed E-state index contributed by atoms with van der Waals surface area (Å²) < 4.78 is 33.3. The monoisotopic (exact) mass is 788 g/mol. The molecule has 0 saturated carbocycles. The van der Waals surface area contributed by atoms with Crippen LogP contribution in [0.2, 0.25) is 0 Å². The van der Waals surface area contributed by atoms with Crippen molar-refractivity contribution >= 4 is 57.5 Å². The normalized spacial score (nSPS) is 13.9. The van der Waals surface area contributed by atoms with Crippen LogP contribution in [0, 0.1) is 0 Å². The molecule has 8 aromatic rings. The second kappa shape index (κ2) is 15.0. The third-order valence-electron chi connectivity index (χ3n) is 11.6. The number of hydrogen-bond acceptors (Lipinski definition) is 4. The lowest BCUT2D eigenvalue weighted by Gasteiger charge is -2.30. The molecule has 0 unspecified atom stereocenters. The zero-order valence-electron chi connectivity index (χ0n) is 32.1. The molecule has 0 aliphatic carbocycles. The third-order valence-corrected chi connectivity index (χ3v) is 17.8. The zero-order valence-corrected chi connectivity index (χ0v) is 33.9. The highest BCUT2D eigenvalue weighted by Gasteiger charge is 2.53. The SMILES string of the molecule is O=P1(c2ccccc2)c2cc(N(Cc3ccccc3)Cc3ccccc3)cc3c2-c2c1cc(N(Cc1ccccc1)Cc1ccccc1)cc2P3(=O)c1ccccc1. The van der Waals surface area contributed by atoms with E-state index in [-0.39, 0.29) is 0 Å². The van der Waals surface area contributed by atoms with Crippen LogP contribution in [-0.4, -0.2) is 0 Å². The Kier molecular flexibility index (Phi) is 9.33. The molecule has 0 atom stereocenters. The van der Waals surface area contributed by atoms with Crippen molar-refractivity contribution in [3.05, 3.63) is 229 Å². The van der Waals surface area contributed by atoms with Crippen LogP contribution in [0.1, 0.15) is 22.3 Å². The van der Waals surface area contributed by atoms with Crippen molar-refractivity contribution in [2.75, 3.05) is 9.80 Å². The van der Waals surface area contributed by atoms with Gasteiger partial charge in [0.2, 0.25) is 0 Å². The van der Waals surface area contributed by atoms with Gasteiger partial charge < -0.3 is 18.9 Å². The van der Waals surface area contributed by atoms with Gasteiger partial charge in [-0.1, -0.05) is 182 Å². The molecule has 10 rings (SSSR count). The first-order valence-corrected chi connectivity index (χ1v) is 23.3. The summed E-state index contributed by atoms with van der Waals surface area (Å²) in [7, 11) is -6.95. The molecular weight excluding hydrogens is 747 g/mol. The van der Waals surface area contributed by atoms with E-state index in [9.17, 15) is 0 Å². The zero-order chi connectivity index (χ0) is 39.1. The van der Waals surface area contributed by atoms with Crippen molar-refractivity contribution in [3.63, 3.8) is 0 Å². The second-order valence-electron chi connectivity index (χ2n) is 15.3. The molecule has 2 aliphatic heterocycles. The molecule has 6 heteroatoms. The minimum absolute atomic E-state index is 0.632. The van der Waals surface area contributed by atoms with Gasteiger partial charge in [0, 0.05) is 80.5 Å². The fraction of sp³-hybridized carbons (Fsp3) is 0.0769. The highest BCUT2D eigenvalue weighted by atomic mass is 31.2. The molecule has 282 valence electrons. The predicted octanol–water partition coefficient (Wildman–Crippen LogP) is 9.67. The minimum atomic E-state index is -3.47. The van der Waals surface area contributed by atoms with Crippen LogP contribution in [0.25, 0.3) is 11.1 Å². The van der Waals surface area contributed by atoms with Crippen LogP contribution < -0.4 is 41.6 Å². The summed E-state index contributed by atoms with van der Waals surface area (Å²) in [5.41, 5.74) is 8.26. The van der Waals surface area contributed by atoms with Gasteiger partial charge in [-0.2, -0.15) is 0 Å². The summed E-state index contributed by atoms with van der Waals surface area (Å²) in [6.45, 7) is 2.53. The van der Waals surface area contributed by atoms with Gasteiger partial charge in [0.25, 0.3) is 0 Å². The Morgan fingerprint density at radius 3 is 0.776 bits per heavy atom. The van der Waals surface area contributed by atoms with Gasteiger partial charge in [0.15, 0.2) is 14.3 Å². The van der Waals surface area contributed by atoms with Gasteiger partial charge >= 0.3 is 0 Å². The Labute approximate surface area is 340 Å². The Balaban J connectivity index is 1.23. The van der Waals surface area contributed by atoms with Crippen LogP contribution in [-0.2, 0) is 35.3 Å². The first-order chi connectivity index (χ1) is 28.5. The van der Waals surface area contributed by atoms with E-state index in [1.54, 1.807) is 0 Å². The van der Waals surface area contributed by atoms with Crippen molar-refractivity contribution in [1.82, 2.24) is 0 Å². The number of anilines is 2. The summed E-state index contributed by atoms with van der Waals surface area (Å²) >= 11 is 0. The van der Waals surface area contributed by atoms with E-state index in [0.29, 0.717) is 26.2 Å². The van der Waals surface area contributed by atoms with Gasteiger partial charge in [0.05, 0.1) is 0 Å². The van der Waals surface area contributed by atoms with Gasteiger partial charge in [0.1, 0.15) is 0 Å². The molecule has 0 N–H and O–H groups in total. The average Bonchev–Trinajstić information content (AvgIpc) is 3.70. The van der Waals surface area contributed by atoms with E-state index in [1.165, 1.54) is 22.3 Å². The highest BCUT2D eigenvalue weighted by Crippen LogP contribution is 2.62. The molecular formula is C52H42N2O2P2. The first-order valence-electron chi connectivity index (χ1n) is 19.9. The molecule has 2 aliphatic rings. The number of rotatable bonds is 12. The maximum absolute atomic E-state index is 16.6. The predicted molar refractivity (Wildman–Crippen MR) is 243 cm³/mol. The van der Waals surface area contributed by atoms with E-state index < -0.39 is 14.3 Å². The molecule has 0 aromatic heterocycles. The Bertz CT molecular complexity index is 2500. The number of hydrogen-bond donors (Lipinski definition) is 0. The van der Waals surface area contributed by atoms with E-state index in [1.807, 2.05) is 84.9 Å². The summed E-state index contributed by atoms with van der Waals surface area (Å²) in [5.74, 6) is 0.